The number of rotatable bonds is 9. The Morgan fingerprint density at radius 3 is 2.21 bits per heavy atom. The van der Waals surface area contributed by atoms with Gasteiger partial charge in [-0.1, -0.05) is 0 Å². The predicted molar refractivity (Wildman–Crippen MR) is 80.6 cm³/mol. The van der Waals surface area contributed by atoms with E-state index in [1.165, 1.54) is 0 Å². The van der Waals surface area contributed by atoms with Gasteiger partial charge in [-0.05, 0) is 39.5 Å². The number of carbonyl (C=O) groups excluding carboxylic acids is 1. The maximum absolute atomic E-state index is 13.2. The van der Waals surface area contributed by atoms with Crippen LogP contribution in [0.3, 0.4) is 0 Å². The summed E-state index contributed by atoms with van der Waals surface area (Å²) in [4.78, 5) is 22.7. The van der Waals surface area contributed by atoms with Crippen LogP contribution >= 0.6 is 0 Å². The maximum atomic E-state index is 13.2. The summed E-state index contributed by atoms with van der Waals surface area (Å²) in [7, 11) is 0. The lowest BCUT2D eigenvalue weighted by molar-refractivity contribution is -0.154. The standard InChI is InChI=1S/C14H26F2N2O6/c1-13(2,3)24-12(23)18-5-4-8(6-9(20)7-19)14(17,10(15)16)11(21)22/h8-10,19-20H,4-7,17H2,1-3H3,(H,18,23)(H,21,22). The Balaban J connectivity index is 4.97. The first-order chi connectivity index (χ1) is 10.8. The maximum Gasteiger partial charge on any atom is 0.407 e. The Morgan fingerprint density at radius 1 is 1.29 bits per heavy atom. The van der Waals surface area contributed by atoms with E-state index in [1.54, 1.807) is 20.8 Å². The lowest BCUT2D eigenvalue weighted by atomic mass is 9.79. The van der Waals surface area contributed by atoms with Gasteiger partial charge < -0.3 is 31.1 Å². The number of hydrogen-bond donors (Lipinski definition) is 5. The molecule has 0 saturated carbocycles. The number of nitrogens with two attached hydrogens (primary N) is 1. The highest BCUT2D eigenvalue weighted by Crippen LogP contribution is 2.29. The highest BCUT2D eigenvalue weighted by atomic mass is 19.3. The highest BCUT2D eigenvalue weighted by molar-refractivity contribution is 5.79. The van der Waals surface area contributed by atoms with E-state index in [1.807, 2.05) is 0 Å². The van der Waals surface area contributed by atoms with E-state index in [0.717, 1.165) is 0 Å². The lowest BCUT2D eigenvalue weighted by Crippen LogP contribution is -2.60. The van der Waals surface area contributed by atoms with E-state index >= 15 is 0 Å². The molecule has 6 N–H and O–H groups in total. The molecule has 0 aromatic heterocycles. The van der Waals surface area contributed by atoms with Crippen molar-refractivity contribution >= 4 is 12.1 Å². The summed E-state index contributed by atoms with van der Waals surface area (Å²) in [5.41, 5.74) is 1.70. The Labute approximate surface area is 139 Å². The van der Waals surface area contributed by atoms with Gasteiger partial charge >= 0.3 is 12.1 Å². The van der Waals surface area contributed by atoms with E-state index in [0.29, 0.717) is 0 Å². The van der Waals surface area contributed by atoms with Gasteiger partial charge in [-0.15, -0.1) is 0 Å². The number of carbonyl (C=O) groups is 2. The number of amides is 1. The van der Waals surface area contributed by atoms with Crippen LogP contribution in [0.5, 0.6) is 0 Å². The van der Waals surface area contributed by atoms with Crippen LogP contribution in [0.15, 0.2) is 0 Å². The van der Waals surface area contributed by atoms with Crippen LogP contribution in [-0.2, 0) is 9.53 Å². The molecule has 1 amide bonds. The minimum atomic E-state index is -3.40. The summed E-state index contributed by atoms with van der Waals surface area (Å²) in [6.45, 7) is 4.00. The quantitative estimate of drug-likeness (QED) is 0.400. The molecule has 0 radical (unpaired) electrons. The molecule has 8 nitrogen and oxygen atoms in total. The van der Waals surface area contributed by atoms with E-state index in [9.17, 15) is 23.5 Å². The Hall–Kier alpha value is -1.52. The van der Waals surface area contributed by atoms with Crippen LogP contribution in [0, 0.1) is 5.92 Å². The second-order valence-corrected chi connectivity index (χ2v) is 6.53. The Kier molecular flexibility index (Phi) is 8.52. The molecule has 0 aliphatic rings. The first-order valence-corrected chi connectivity index (χ1v) is 7.40. The third-order valence-corrected chi connectivity index (χ3v) is 3.34. The number of halogens is 2. The van der Waals surface area contributed by atoms with Crippen molar-refractivity contribution in [3.63, 3.8) is 0 Å². The zero-order valence-corrected chi connectivity index (χ0v) is 14.0. The van der Waals surface area contributed by atoms with E-state index < -0.39 is 54.7 Å². The number of nitrogens with one attached hydrogen (secondary N) is 1. The van der Waals surface area contributed by atoms with Crippen molar-refractivity contribution in [2.24, 2.45) is 11.7 Å². The third kappa shape index (κ3) is 6.93. The number of aliphatic hydroxyl groups is 2. The highest BCUT2D eigenvalue weighted by Gasteiger charge is 2.50. The Bertz CT molecular complexity index is 430. The van der Waals surface area contributed by atoms with Crippen molar-refractivity contribution in [3.8, 4) is 0 Å². The molecule has 0 aromatic rings. The van der Waals surface area contributed by atoms with E-state index in [4.69, 9.17) is 20.7 Å². The van der Waals surface area contributed by atoms with Gasteiger partial charge in [0, 0.05) is 6.54 Å². The molecule has 3 unspecified atom stereocenters. The minimum Gasteiger partial charge on any atom is -0.480 e. The van der Waals surface area contributed by atoms with Gasteiger partial charge in [-0.3, -0.25) is 0 Å². The molecule has 10 heteroatoms. The van der Waals surface area contributed by atoms with Crippen LogP contribution in [0.25, 0.3) is 0 Å². The molecule has 0 bridgehead atoms. The summed E-state index contributed by atoms with van der Waals surface area (Å²) in [6, 6.07) is 0. The zero-order valence-electron chi connectivity index (χ0n) is 14.0. The average Bonchev–Trinajstić information content (AvgIpc) is 2.42. The second-order valence-electron chi connectivity index (χ2n) is 6.53. The first-order valence-electron chi connectivity index (χ1n) is 7.40. The van der Waals surface area contributed by atoms with Crippen LogP contribution in [0.1, 0.15) is 33.6 Å². The normalized spacial score (nSPS) is 17.0. The topological polar surface area (TPSA) is 142 Å². The van der Waals surface area contributed by atoms with Crippen molar-refractivity contribution in [2.45, 2.75) is 57.3 Å². The average molecular weight is 356 g/mol. The first kappa shape index (κ1) is 22.5. The number of hydrogen-bond acceptors (Lipinski definition) is 6. The van der Waals surface area contributed by atoms with Gasteiger partial charge in [0.1, 0.15) is 5.60 Å². The summed E-state index contributed by atoms with van der Waals surface area (Å²) in [5, 5.41) is 29.7. The molecule has 142 valence electrons. The van der Waals surface area contributed by atoms with Crippen molar-refractivity contribution in [1.29, 1.82) is 0 Å². The number of carboxylic acid groups (broad SMARTS) is 1. The van der Waals surface area contributed by atoms with Crippen LogP contribution in [-0.4, -0.2) is 64.2 Å². The molecule has 0 spiro atoms. The number of carboxylic acids is 1. The molecule has 0 aliphatic carbocycles. The fourth-order valence-corrected chi connectivity index (χ4v) is 2.06. The van der Waals surface area contributed by atoms with Crippen LogP contribution in [0.2, 0.25) is 0 Å². The van der Waals surface area contributed by atoms with Crippen molar-refractivity contribution in [2.75, 3.05) is 13.2 Å². The molecular weight excluding hydrogens is 330 g/mol. The molecule has 0 rings (SSSR count). The van der Waals surface area contributed by atoms with E-state index in [2.05, 4.69) is 5.32 Å². The zero-order chi connectivity index (χ0) is 19.1. The summed E-state index contributed by atoms with van der Waals surface area (Å²) < 4.78 is 31.3. The second kappa shape index (κ2) is 9.09. The molecule has 24 heavy (non-hydrogen) atoms. The third-order valence-electron chi connectivity index (χ3n) is 3.34. The molecule has 0 aliphatic heterocycles. The van der Waals surface area contributed by atoms with E-state index in [-0.39, 0.29) is 13.0 Å². The van der Waals surface area contributed by atoms with Gasteiger partial charge in [0.15, 0.2) is 5.54 Å². The summed E-state index contributed by atoms with van der Waals surface area (Å²) >= 11 is 0. The van der Waals surface area contributed by atoms with Gasteiger partial charge in [0.05, 0.1) is 12.7 Å². The minimum absolute atomic E-state index is 0.184. The molecular formula is C14H26F2N2O6. The van der Waals surface area contributed by atoms with Crippen molar-refractivity contribution < 1.29 is 38.4 Å². The van der Waals surface area contributed by atoms with Gasteiger partial charge in [0.2, 0.25) is 0 Å². The lowest BCUT2D eigenvalue weighted by Gasteiger charge is -2.34. The van der Waals surface area contributed by atoms with Crippen molar-refractivity contribution in [1.82, 2.24) is 5.32 Å². The summed E-state index contributed by atoms with van der Waals surface area (Å²) in [6.07, 6.45) is -6.30. The summed E-state index contributed by atoms with van der Waals surface area (Å²) in [5.74, 6) is -3.31. The predicted octanol–water partition coefficient (Wildman–Crippen LogP) is 0.308. The number of aliphatic carboxylic acids is 1. The molecule has 0 saturated heterocycles. The number of alkyl carbamates (subject to hydrolysis) is 1. The Morgan fingerprint density at radius 2 is 1.83 bits per heavy atom. The van der Waals surface area contributed by atoms with Crippen LogP contribution in [0.4, 0.5) is 13.6 Å². The largest absolute Gasteiger partial charge is 0.480 e. The van der Waals surface area contributed by atoms with Crippen LogP contribution < -0.4 is 11.1 Å². The molecule has 0 fully saturated rings. The monoisotopic (exact) mass is 356 g/mol. The van der Waals surface area contributed by atoms with Gasteiger partial charge in [-0.25, -0.2) is 18.4 Å². The van der Waals surface area contributed by atoms with Crippen molar-refractivity contribution in [3.05, 3.63) is 0 Å². The molecule has 0 heterocycles. The number of aliphatic hydroxyl groups excluding tert-OH is 2. The molecule has 0 aromatic carbocycles. The molecule has 3 atom stereocenters. The van der Waals surface area contributed by atoms with Gasteiger partial charge in [-0.2, -0.15) is 0 Å². The SMILES string of the molecule is CC(C)(C)OC(=O)NCCC(CC(O)CO)C(N)(C(=O)O)C(F)F. The fourth-order valence-electron chi connectivity index (χ4n) is 2.06. The fraction of sp³-hybridized carbons (Fsp3) is 0.857. The number of ether oxygens (including phenoxy) is 1. The van der Waals surface area contributed by atoms with Gasteiger partial charge in [0.25, 0.3) is 6.43 Å². The number of alkyl halides is 2. The smallest absolute Gasteiger partial charge is 0.407 e.